The number of hydrogen-bond donors (Lipinski definition) is 2. The predicted molar refractivity (Wildman–Crippen MR) is 68.9 cm³/mol. The van der Waals surface area contributed by atoms with Crippen molar-refractivity contribution in [1.82, 2.24) is 15.2 Å². The minimum absolute atomic E-state index is 0.117. The highest BCUT2D eigenvalue weighted by Gasteiger charge is 2.25. The molecule has 0 atom stereocenters. The molecule has 0 saturated carbocycles. The normalized spacial score (nSPS) is 19.7. The van der Waals surface area contributed by atoms with Crippen LogP contribution in [0.5, 0.6) is 0 Å². The quantitative estimate of drug-likeness (QED) is 0.798. The van der Waals surface area contributed by atoms with E-state index in [-0.39, 0.29) is 11.2 Å². The first-order valence-electron chi connectivity index (χ1n) is 6.11. The van der Waals surface area contributed by atoms with Crippen LogP contribution in [-0.4, -0.2) is 41.0 Å². The third-order valence-electron chi connectivity index (χ3n) is 3.02. The highest BCUT2D eigenvalue weighted by atomic mass is 16.1. The van der Waals surface area contributed by atoms with Gasteiger partial charge in [0.25, 0.3) is 5.91 Å². The van der Waals surface area contributed by atoms with Gasteiger partial charge >= 0.3 is 0 Å². The fourth-order valence-corrected chi connectivity index (χ4v) is 2.25. The molecule has 3 N–H and O–H groups in total. The van der Waals surface area contributed by atoms with Gasteiger partial charge in [0.2, 0.25) is 0 Å². The van der Waals surface area contributed by atoms with Crippen LogP contribution in [0.4, 0.5) is 0 Å². The Morgan fingerprint density at radius 2 is 2.44 bits per heavy atom. The lowest BCUT2D eigenvalue weighted by molar-refractivity contribution is 0.0994. The number of aromatic nitrogens is 1. The number of amides is 1. The van der Waals surface area contributed by atoms with Crippen molar-refractivity contribution in [3.05, 3.63) is 29.6 Å². The maximum atomic E-state index is 11.1. The Hall–Kier alpha value is -1.46. The zero-order valence-corrected chi connectivity index (χ0v) is 10.9. The first-order valence-corrected chi connectivity index (χ1v) is 6.11. The summed E-state index contributed by atoms with van der Waals surface area (Å²) in [6.45, 7) is 8.00. The molecular formula is C13H19N4O. The molecule has 0 aromatic carbocycles. The Morgan fingerprint density at radius 3 is 3.11 bits per heavy atom. The van der Waals surface area contributed by atoms with Crippen LogP contribution >= 0.6 is 0 Å². The van der Waals surface area contributed by atoms with E-state index in [1.807, 2.05) is 6.07 Å². The standard InChI is InChI=1S/C13H19N4O/c1-13(2)9-17(7-6-15-13)8-10-4-3-5-11(16-10)12(14)18/h3-4,15H,6-9H2,1-2H3,(H2,14,18). The van der Waals surface area contributed by atoms with Gasteiger partial charge in [0.1, 0.15) is 5.69 Å². The van der Waals surface area contributed by atoms with E-state index in [0.717, 1.165) is 31.9 Å². The van der Waals surface area contributed by atoms with Gasteiger partial charge in [-0.2, -0.15) is 0 Å². The minimum atomic E-state index is -0.530. The van der Waals surface area contributed by atoms with Crippen molar-refractivity contribution in [2.24, 2.45) is 5.73 Å². The van der Waals surface area contributed by atoms with Crippen LogP contribution < -0.4 is 11.1 Å². The van der Waals surface area contributed by atoms with Crippen molar-refractivity contribution < 1.29 is 4.79 Å². The third kappa shape index (κ3) is 3.27. The number of piperazine rings is 1. The Balaban J connectivity index is 2.05. The van der Waals surface area contributed by atoms with Gasteiger partial charge in [-0.25, -0.2) is 4.98 Å². The average Bonchev–Trinajstić information content (AvgIpc) is 2.28. The van der Waals surface area contributed by atoms with Crippen LogP contribution in [0.2, 0.25) is 0 Å². The van der Waals surface area contributed by atoms with E-state index in [4.69, 9.17) is 5.73 Å². The fourth-order valence-electron chi connectivity index (χ4n) is 2.25. The molecule has 1 amide bonds. The highest BCUT2D eigenvalue weighted by molar-refractivity contribution is 5.90. The van der Waals surface area contributed by atoms with E-state index in [1.165, 1.54) is 0 Å². The second kappa shape index (κ2) is 5.04. The van der Waals surface area contributed by atoms with Crippen molar-refractivity contribution >= 4 is 5.91 Å². The van der Waals surface area contributed by atoms with Gasteiger partial charge in [0.15, 0.2) is 0 Å². The zero-order valence-electron chi connectivity index (χ0n) is 10.9. The Bertz CT molecular complexity index is 444. The Labute approximate surface area is 107 Å². The molecule has 1 fully saturated rings. The summed E-state index contributed by atoms with van der Waals surface area (Å²) >= 11 is 0. The Morgan fingerprint density at radius 1 is 1.67 bits per heavy atom. The fraction of sp³-hybridized carbons (Fsp3) is 0.538. The molecule has 1 radical (unpaired) electrons. The van der Waals surface area contributed by atoms with Crippen molar-refractivity contribution in [3.8, 4) is 0 Å². The van der Waals surface area contributed by atoms with E-state index < -0.39 is 5.91 Å². The minimum Gasteiger partial charge on any atom is -0.364 e. The average molecular weight is 247 g/mol. The number of rotatable bonds is 3. The maximum Gasteiger partial charge on any atom is 0.267 e. The molecule has 1 aliphatic rings. The molecule has 5 heteroatoms. The lowest BCUT2D eigenvalue weighted by Gasteiger charge is -2.39. The number of hydrogen-bond acceptors (Lipinski definition) is 4. The molecule has 2 heterocycles. The smallest absolute Gasteiger partial charge is 0.267 e. The van der Waals surface area contributed by atoms with Gasteiger partial charge in [-0.15, -0.1) is 0 Å². The van der Waals surface area contributed by atoms with Crippen LogP contribution in [0.25, 0.3) is 0 Å². The van der Waals surface area contributed by atoms with E-state index >= 15 is 0 Å². The molecule has 97 valence electrons. The summed E-state index contributed by atoms with van der Waals surface area (Å²) in [4.78, 5) is 17.6. The van der Waals surface area contributed by atoms with E-state index in [9.17, 15) is 4.79 Å². The molecule has 0 spiro atoms. The first kappa shape index (κ1) is 13.0. The van der Waals surface area contributed by atoms with Crippen LogP contribution in [0, 0.1) is 6.07 Å². The van der Waals surface area contributed by atoms with Gasteiger partial charge in [-0.3, -0.25) is 9.69 Å². The zero-order chi connectivity index (χ0) is 13.2. The van der Waals surface area contributed by atoms with Crippen molar-refractivity contribution in [2.45, 2.75) is 25.9 Å². The summed E-state index contributed by atoms with van der Waals surface area (Å²) in [5.41, 5.74) is 6.39. The van der Waals surface area contributed by atoms with Crippen molar-refractivity contribution in [3.63, 3.8) is 0 Å². The second-order valence-corrected chi connectivity index (χ2v) is 5.31. The number of nitrogens with one attached hydrogen (secondary N) is 1. The van der Waals surface area contributed by atoms with Crippen molar-refractivity contribution in [1.29, 1.82) is 0 Å². The topological polar surface area (TPSA) is 71.2 Å². The molecular weight excluding hydrogens is 228 g/mol. The summed E-state index contributed by atoms with van der Waals surface area (Å²) in [5.74, 6) is -0.530. The predicted octanol–water partition coefficient (Wildman–Crippen LogP) is 0.164. The molecule has 1 aromatic rings. The van der Waals surface area contributed by atoms with E-state index in [1.54, 1.807) is 6.07 Å². The summed E-state index contributed by atoms with van der Waals surface area (Å²) in [6.07, 6.45) is 0. The molecule has 0 aliphatic carbocycles. The number of nitrogens with zero attached hydrogens (tertiary/aromatic N) is 2. The van der Waals surface area contributed by atoms with Crippen LogP contribution in [0.3, 0.4) is 0 Å². The molecule has 1 aliphatic heterocycles. The number of carbonyl (C=O) groups excluding carboxylic acids is 1. The maximum absolute atomic E-state index is 11.1. The third-order valence-corrected chi connectivity index (χ3v) is 3.02. The number of primary amides is 1. The van der Waals surface area contributed by atoms with E-state index in [2.05, 4.69) is 35.1 Å². The molecule has 2 rings (SSSR count). The summed E-state index contributed by atoms with van der Waals surface area (Å²) in [6, 6.07) is 6.33. The SMILES string of the molecule is CC1(C)CN(Cc2cc[c]c(C(N)=O)n2)CCN1. The van der Waals surface area contributed by atoms with Gasteiger partial charge in [0, 0.05) is 37.8 Å². The van der Waals surface area contributed by atoms with Gasteiger partial charge in [-0.1, -0.05) is 6.07 Å². The summed E-state index contributed by atoms with van der Waals surface area (Å²) < 4.78 is 0. The van der Waals surface area contributed by atoms with Crippen LogP contribution in [0.15, 0.2) is 12.1 Å². The number of carbonyl (C=O) groups is 1. The highest BCUT2D eigenvalue weighted by Crippen LogP contribution is 2.12. The van der Waals surface area contributed by atoms with Crippen LogP contribution in [-0.2, 0) is 6.54 Å². The van der Waals surface area contributed by atoms with E-state index in [0.29, 0.717) is 0 Å². The number of nitrogens with two attached hydrogens (primary N) is 1. The molecule has 18 heavy (non-hydrogen) atoms. The summed E-state index contributed by atoms with van der Waals surface area (Å²) in [7, 11) is 0. The van der Waals surface area contributed by atoms with Crippen LogP contribution in [0.1, 0.15) is 30.0 Å². The monoisotopic (exact) mass is 247 g/mol. The summed E-state index contributed by atoms with van der Waals surface area (Å²) in [5, 5.41) is 3.46. The molecule has 0 unspecified atom stereocenters. The van der Waals surface area contributed by atoms with Crippen molar-refractivity contribution in [2.75, 3.05) is 19.6 Å². The lowest BCUT2D eigenvalue weighted by Crippen LogP contribution is -2.56. The van der Waals surface area contributed by atoms with Gasteiger partial charge < -0.3 is 11.1 Å². The molecule has 5 nitrogen and oxygen atoms in total. The number of pyridine rings is 1. The molecule has 0 bridgehead atoms. The second-order valence-electron chi connectivity index (χ2n) is 5.31. The lowest BCUT2D eigenvalue weighted by atomic mass is 10.0. The first-order chi connectivity index (χ1) is 8.46. The van der Waals surface area contributed by atoms with Gasteiger partial charge in [-0.05, 0) is 19.9 Å². The molecule has 1 aromatic heterocycles. The van der Waals surface area contributed by atoms with Gasteiger partial charge in [0.05, 0.1) is 5.69 Å². The Kier molecular flexibility index (Phi) is 3.63. The molecule has 1 saturated heterocycles. The largest absolute Gasteiger partial charge is 0.364 e.